The van der Waals surface area contributed by atoms with Crippen molar-refractivity contribution in [3.63, 3.8) is 0 Å². The lowest BCUT2D eigenvalue weighted by Gasteiger charge is -2.09. The molecule has 0 N–H and O–H groups in total. The van der Waals surface area contributed by atoms with Crippen molar-refractivity contribution < 1.29 is 9.53 Å². The van der Waals surface area contributed by atoms with Crippen LogP contribution in [-0.4, -0.2) is 12.9 Å². The van der Waals surface area contributed by atoms with Gasteiger partial charge in [-0.3, -0.25) is 4.79 Å². The number of ketones is 1. The molecule has 2 heteroatoms. The Morgan fingerprint density at radius 3 is 2.63 bits per heavy atom. The Bertz CT molecular complexity index is 533. The van der Waals surface area contributed by atoms with Gasteiger partial charge < -0.3 is 4.74 Å². The number of rotatable bonds is 4. The summed E-state index contributed by atoms with van der Waals surface area (Å²) in [5, 5.41) is 0. The summed E-state index contributed by atoms with van der Waals surface area (Å²) in [6, 6.07) is 7.17. The van der Waals surface area contributed by atoms with Gasteiger partial charge in [0.15, 0.2) is 5.78 Å². The lowest BCUT2D eigenvalue weighted by molar-refractivity contribution is 0.104. The van der Waals surface area contributed by atoms with Gasteiger partial charge in [-0.25, -0.2) is 0 Å². The lowest BCUT2D eigenvalue weighted by atomic mass is 9.96. The van der Waals surface area contributed by atoms with Crippen LogP contribution in [0, 0.1) is 5.92 Å². The second-order valence-electron chi connectivity index (χ2n) is 4.66. The molecule has 2 rings (SSSR count). The molecule has 1 aliphatic rings. The molecular formula is C17H18O2. The van der Waals surface area contributed by atoms with Crippen LogP contribution in [-0.2, 0) is 0 Å². The maximum atomic E-state index is 12.0. The van der Waals surface area contributed by atoms with Gasteiger partial charge >= 0.3 is 0 Å². The molecule has 0 fully saturated rings. The zero-order chi connectivity index (χ0) is 13.7. The molecule has 0 aromatic heterocycles. The lowest BCUT2D eigenvalue weighted by Crippen LogP contribution is -1.98. The van der Waals surface area contributed by atoms with E-state index in [1.807, 2.05) is 6.08 Å². The van der Waals surface area contributed by atoms with Crippen LogP contribution in [0.3, 0.4) is 0 Å². The Balaban J connectivity index is 1.98. The molecule has 1 aliphatic carbocycles. The Kier molecular flexibility index (Phi) is 4.35. The molecule has 0 amide bonds. The highest BCUT2D eigenvalue weighted by molar-refractivity contribution is 6.04. The number of hydrogen-bond acceptors (Lipinski definition) is 2. The third-order valence-corrected chi connectivity index (χ3v) is 3.19. The summed E-state index contributed by atoms with van der Waals surface area (Å²) in [7, 11) is 1.61. The van der Waals surface area contributed by atoms with Crippen LogP contribution in [0.25, 0.3) is 0 Å². The fourth-order valence-electron chi connectivity index (χ4n) is 1.95. The molecule has 0 saturated heterocycles. The minimum Gasteiger partial charge on any atom is -0.497 e. The summed E-state index contributed by atoms with van der Waals surface area (Å²) < 4.78 is 5.07. The van der Waals surface area contributed by atoms with Crippen molar-refractivity contribution in [3.8, 4) is 5.75 Å². The summed E-state index contributed by atoms with van der Waals surface area (Å²) in [4.78, 5) is 12.0. The van der Waals surface area contributed by atoms with E-state index in [2.05, 4.69) is 25.2 Å². The number of hydrogen-bond donors (Lipinski definition) is 0. The molecular weight excluding hydrogens is 236 g/mol. The summed E-state index contributed by atoms with van der Waals surface area (Å²) in [5.74, 6) is 1.12. The van der Waals surface area contributed by atoms with Crippen LogP contribution >= 0.6 is 0 Å². The largest absolute Gasteiger partial charge is 0.497 e. The van der Waals surface area contributed by atoms with E-state index >= 15 is 0 Å². The normalized spacial score (nSPS) is 18.4. The minimum absolute atomic E-state index is 0.0299. The first kappa shape index (κ1) is 13.3. The van der Waals surface area contributed by atoms with E-state index in [1.165, 1.54) is 5.57 Å². The molecule has 0 heterocycles. The van der Waals surface area contributed by atoms with Crippen molar-refractivity contribution >= 4 is 5.78 Å². The predicted octanol–water partition coefficient (Wildman–Crippen LogP) is 3.96. The maximum Gasteiger partial charge on any atom is 0.185 e. The van der Waals surface area contributed by atoms with Gasteiger partial charge in [0.1, 0.15) is 5.75 Å². The highest BCUT2D eigenvalue weighted by Gasteiger charge is 2.05. The van der Waals surface area contributed by atoms with E-state index in [-0.39, 0.29) is 5.78 Å². The van der Waals surface area contributed by atoms with E-state index in [4.69, 9.17) is 4.74 Å². The third kappa shape index (κ3) is 3.68. The van der Waals surface area contributed by atoms with Crippen molar-refractivity contribution in [3.05, 3.63) is 65.8 Å². The number of allylic oxidation sites excluding steroid dienone is 6. The number of methoxy groups -OCH3 is 1. The first-order valence-electron chi connectivity index (χ1n) is 6.40. The first-order chi connectivity index (χ1) is 9.19. The Hall–Kier alpha value is -2.09. The van der Waals surface area contributed by atoms with Crippen LogP contribution in [0.1, 0.15) is 23.7 Å². The van der Waals surface area contributed by atoms with Gasteiger partial charge in [0.25, 0.3) is 0 Å². The number of carbonyl (C=O) groups excluding carboxylic acids is 1. The van der Waals surface area contributed by atoms with Gasteiger partial charge in [-0.05, 0) is 49.6 Å². The maximum absolute atomic E-state index is 12.0. The quantitative estimate of drug-likeness (QED) is 0.600. The van der Waals surface area contributed by atoms with Crippen LogP contribution in [0.5, 0.6) is 5.75 Å². The topological polar surface area (TPSA) is 26.3 Å². The second-order valence-corrected chi connectivity index (χ2v) is 4.66. The predicted molar refractivity (Wildman–Crippen MR) is 77.5 cm³/mol. The summed E-state index contributed by atoms with van der Waals surface area (Å²) in [6.45, 7) is 2.08. The van der Waals surface area contributed by atoms with Gasteiger partial charge in [-0.15, -0.1) is 0 Å². The first-order valence-corrected chi connectivity index (χ1v) is 6.40. The molecule has 98 valence electrons. The van der Waals surface area contributed by atoms with Gasteiger partial charge in [0, 0.05) is 5.56 Å². The van der Waals surface area contributed by atoms with E-state index in [0.29, 0.717) is 11.5 Å². The van der Waals surface area contributed by atoms with Crippen molar-refractivity contribution in [1.29, 1.82) is 0 Å². The van der Waals surface area contributed by atoms with Crippen LogP contribution in [0.4, 0.5) is 0 Å². The molecule has 0 saturated carbocycles. The molecule has 1 unspecified atom stereocenters. The van der Waals surface area contributed by atoms with Crippen LogP contribution in [0.2, 0.25) is 0 Å². The van der Waals surface area contributed by atoms with Gasteiger partial charge in [-0.2, -0.15) is 0 Å². The van der Waals surface area contributed by atoms with Crippen molar-refractivity contribution in [2.24, 2.45) is 5.92 Å². The average molecular weight is 254 g/mol. The minimum atomic E-state index is 0.0299. The Morgan fingerprint density at radius 1 is 1.32 bits per heavy atom. The zero-order valence-corrected chi connectivity index (χ0v) is 11.3. The summed E-state index contributed by atoms with van der Waals surface area (Å²) in [5.41, 5.74) is 1.97. The SMILES string of the molecule is COc1ccc(C(=O)C=CC2C=CC(C)=CC2)cc1. The molecule has 0 radical (unpaired) electrons. The van der Waals surface area contributed by atoms with E-state index in [0.717, 1.165) is 12.2 Å². The highest BCUT2D eigenvalue weighted by Crippen LogP contribution is 2.18. The molecule has 1 atom stereocenters. The van der Waals surface area contributed by atoms with E-state index in [9.17, 15) is 4.79 Å². The van der Waals surface area contributed by atoms with E-state index in [1.54, 1.807) is 37.5 Å². The smallest absolute Gasteiger partial charge is 0.185 e. The summed E-state index contributed by atoms with van der Waals surface area (Å²) in [6.07, 6.45) is 11.0. The second kappa shape index (κ2) is 6.19. The Labute approximate surface area is 114 Å². The molecule has 0 bridgehead atoms. The fraction of sp³-hybridized carbons (Fsp3) is 0.235. The standard InChI is InChI=1S/C17H18O2/c1-13-3-5-14(6-4-13)7-12-17(18)15-8-10-16(19-2)11-9-15/h3-5,7-12,14H,6H2,1-2H3. The molecule has 1 aromatic rings. The molecule has 19 heavy (non-hydrogen) atoms. The zero-order valence-electron chi connectivity index (χ0n) is 11.3. The monoisotopic (exact) mass is 254 g/mol. The van der Waals surface area contributed by atoms with Gasteiger partial charge in [0.05, 0.1) is 7.11 Å². The highest BCUT2D eigenvalue weighted by atomic mass is 16.5. The van der Waals surface area contributed by atoms with Crippen LogP contribution < -0.4 is 4.74 Å². The summed E-state index contributed by atoms with van der Waals surface area (Å²) >= 11 is 0. The fourth-order valence-corrected chi connectivity index (χ4v) is 1.95. The van der Waals surface area contributed by atoms with E-state index < -0.39 is 0 Å². The third-order valence-electron chi connectivity index (χ3n) is 3.19. The van der Waals surface area contributed by atoms with Gasteiger partial charge in [-0.1, -0.05) is 29.9 Å². The Morgan fingerprint density at radius 2 is 2.05 bits per heavy atom. The van der Waals surface area contributed by atoms with Crippen LogP contribution in [0.15, 0.2) is 60.2 Å². The average Bonchev–Trinajstić information content (AvgIpc) is 2.46. The van der Waals surface area contributed by atoms with Gasteiger partial charge in [0.2, 0.25) is 0 Å². The molecule has 0 aliphatic heterocycles. The molecule has 0 spiro atoms. The van der Waals surface area contributed by atoms with Crippen molar-refractivity contribution in [2.45, 2.75) is 13.3 Å². The number of benzene rings is 1. The van der Waals surface area contributed by atoms with Crippen molar-refractivity contribution in [2.75, 3.05) is 7.11 Å². The number of ether oxygens (including phenoxy) is 1. The molecule has 2 nitrogen and oxygen atoms in total. The van der Waals surface area contributed by atoms with Crippen molar-refractivity contribution in [1.82, 2.24) is 0 Å². The molecule has 1 aromatic carbocycles. The number of carbonyl (C=O) groups is 1.